The number of hydrogen-bond acceptors (Lipinski definition) is 4. The zero-order valence-corrected chi connectivity index (χ0v) is 14.0. The second-order valence-electron chi connectivity index (χ2n) is 5.94. The molecule has 0 aliphatic heterocycles. The summed E-state index contributed by atoms with van der Waals surface area (Å²) in [5, 5.41) is 29.1. The molecule has 2 N–H and O–H groups in total. The van der Waals surface area contributed by atoms with Gasteiger partial charge in [-0.1, -0.05) is 17.7 Å². The molecule has 4 rings (SSSR count). The first-order valence-electron chi connectivity index (χ1n) is 7.70. The smallest absolute Gasteiger partial charge is 0.165 e. The van der Waals surface area contributed by atoms with Crippen LogP contribution in [-0.2, 0) is 0 Å². The van der Waals surface area contributed by atoms with Crippen molar-refractivity contribution in [3.05, 3.63) is 81.5 Å². The SMILES string of the molecule is N#Cc1ccoc1C1C(c2ccc(O)c(F)c2)=Cc2c(Cl)cc(O)cc21. The summed E-state index contributed by atoms with van der Waals surface area (Å²) < 4.78 is 19.5. The minimum absolute atomic E-state index is 0.0182. The lowest BCUT2D eigenvalue weighted by Crippen LogP contribution is -2.02. The van der Waals surface area contributed by atoms with Crippen molar-refractivity contribution < 1.29 is 19.0 Å². The number of nitrogens with zero attached hydrogens (tertiary/aromatic N) is 1. The minimum atomic E-state index is -0.757. The van der Waals surface area contributed by atoms with E-state index in [9.17, 15) is 19.9 Å². The number of fused-ring (bicyclic) bond motifs is 1. The molecule has 3 aromatic rings. The van der Waals surface area contributed by atoms with Gasteiger partial charge in [0.2, 0.25) is 0 Å². The zero-order valence-electron chi connectivity index (χ0n) is 13.2. The fourth-order valence-electron chi connectivity index (χ4n) is 3.28. The van der Waals surface area contributed by atoms with Crippen molar-refractivity contribution in [1.82, 2.24) is 0 Å². The molecule has 1 aliphatic carbocycles. The Balaban J connectivity index is 1.97. The maximum Gasteiger partial charge on any atom is 0.165 e. The third-order valence-corrected chi connectivity index (χ3v) is 4.74. The number of furan rings is 1. The highest BCUT2D eigenvalue weighted by atomic mass is 35.5. The molecule has 0 bridgehead atoms. The van der Waals surface area contributed by atoms with E-state index in [0.29, 0.717) is 38.6 Å². The van der Waals surface area contributed by atoms with Gasteiger partial charge in [0.15, 0.2) is 11.6 Å². The van der Waals surface area contributed by atoms with Crippen molar-refractivity contribution in [2.45, 2.75) is 5.92 Å². The number of nitriles is 1. The molecule has 1 heterocycles. The van der Waals surface area contributed by atoms with Gasteiger partial charge in [-0.05, 0) is 58.7 Å². The van der Waals surface area contributed by atoms with Crippen molar-refractivity contribution >= 4 is 23.3 Å². The number of hydrogen-bond donors (Lipinski definition) is 2. The van der Waals surface area contributed by atoms with Crippen LogP contribution in [0.4, 0.5) is 4.39 Å². The molecular weight excluding hydrogens is 357 g/mol. The maximum atomic E-state index is 13.9. The van der Waals surface area contributed by atoms with Gasteiger partial charge in [0.1, 0.15) is 17.6 Å². The van der Waals surface area contributed by atoms with Crippen LogP contribution in [0.25, 0.3) is 11.6 Å². The predicted octanol–water partition coefficient (Wildman–Crippen LogP) is 5.04. The van der Waals surface area contributed by atoms with E-state index in [0.717, 1.165) is 0 Å². The van der Waals surface area contributed by atoms with E-state index in [1.165, 1.54) is 24.5 Å². The molecule has 0 fully saturated rings. The molecule has 0 saturated carbocycles. The number of allylic oxidation sites excluding steroid dienone is 1. The highest BCUT2D eigenvalue weighted by molar-refractivity contribution is 6.33. The summed E-state index contributed by atoms with van der Waals surface area (Å²) in [6.45, 7) is 0. The second-order valence-corrected chi connectivity index (χ2v) is 6.35. The summed E-state index contributed by atoms with van der Waals surface area (Å²) in [4.78, 5) is 0. The van der Waals surface area contributed by atoms with E-state index in [2.05, 4.69) is 6.07 Å². The fourth-order valence-corrected chi connectivity index (χ4v) is 3.55. The Morgan fingerprint density at radius 3 is 2.69 bits per heavy atom. The third kappa shape index (κ3) is 2.43. The molecule has 1 aromatic heterocycles. The lowest BCUT2D eigenvalue weighted by Gasteiger charge is -2.16. The van der Waals surface area contributed by atoms with Crippen LogP contribution in [0.2, 0.25) is 5.02 Å². The first-order valence-corrected chi connectivity index (χ1v) is 8.07. The number of halogens is 2. The van der Waals surface area contributed by atoms with Crippen molar-refractivity contribution in [3.8, 4) is 17.6 Å². The van der Waals surface area contributed by atoms with E-state index in [1.54, 1.807) is 24.3 Å². The molecule has 1 atom stereocenters. The van der Waals surface area contributed by atoms with Gasteiger partial charge in [0, 0.05) is 0 Å². The lowest BCUT2D eigenvalue weighted by atomic mass is 9.87. The van der Waals surface area contributed by atoms with E-state index < -0.39 is 17.5 Å². The Labute approximate surface area is 153 Å². The van der Waals surface area contributed by atoms with E-state index >= 15 is 0 Å². The second kappa shape index (κ2) is 5.94. The Hall–Kier alpha value is -3.23. The number of aromatic hydroxyl groups is 2. The summed E-state index contributed by atoms with van der Waals surface area (Å²) in [5.74, 6) is -1.38. The highest BCUT2D eigenvalue weighted by Crippen LogP contribution is 2.50. The van der Waals surface area contributed by atoms with Crippen LogP contribution < -0.4 is 0 Å². The summed E-state index contributed by atoms with van der Waals surface area (Å²) in [6, 6.07) is 10.6. The van der Waals surface area contributed by atoms with Gasteiger partial charge in [-0.2, -0.15) is 5.26 Å². The standard InChI is InChI=1S/C20H11ClFNO3/c21-16-7-12(24)6-15-14(16)8-13(10-1-2-18(25)17(22)5-10)19(15)20-11(9-23)3-4-26-20/h1-8,19,24-25H. The average molecular weight is 368 g/mol. The fraction of sp³-hybridized carbons (Fsp3) is 0.0500. The molecule has 4 nitrogen and oxygen atoms in total. The summed E-state index contributed by atoms with van der Waals surface area (Å²) in [7, 11) is 0. The van der Waals surface area contributed by atoms with Crippen LogP contribution in [0.1, 0.15) is 33.9 Å². The average Bonchev–Trinajstić information content (AvgIpc) is 3.21. The molecule has 128 valence electrons. The van der Waals surface area contributed by atoms with Crippen molar-refractivity contribution in [1.29, 1.82) is 5.26 Å². The van der Waals surface area contributed by atoms with Crippen molar-refractivity contribution in [3.63, 3.8) is 0 Å². The molecule has 26 heavy (non-hydrogen) atoms. The highest BCUT2D eigenvalue weighted by Gasteiger charge is 2.34. The molecule has 2 aromatic carbocycles. The Kier molecular flexibility index (Phi) is 3.71. The molecule has 1 unspecified atom stereocenters. The van der Waals surface area contributed by atoms with Gasteiger partial charge in [0.25, 0.3) is 0 Å². The van der Waals surface area contributed by atoms with Crippen LogP contribution in [0.5, 0.6) is 11.5 Å². The van der Waals surface area contributed by atoms with Crippen molar-refractivity contribution in [2.75, 3.05) is 0 Å². The summed E-state index contributed by atoms with van der Waals surface area (Å²) in [6.07, 6.45) is 3.18. The van der Waals surface area contributed by atoms with Crippen LogP contribution >= 0.6 is 11.6 Å². The number of benzene rings is 2. The van der Waals surface area contributed by atoms with Gasteiger partial charge in [0.05, 0.1) is 22.8 Å². The maximum absolute atomic E-state index is 13.9. The molecule has 0 amide bonds. The van der Waals surface area contributed by atoms with Crippen LogP contribution in [0, 0.1) is 17.1 Å². The Morgan fingerprint density at radius 2 is 1.96 bits per heavy atom. The molecule has 6 heteroatoms. The van der Waals surface area contributed by atoms with Crippen LogP contribution in [0.3, 0.4) is 0 Å². The van der Waals surface area contributed by atoms with Gasteiger partial charge >= 0.3 is 0 Å². The van der Waals surface area contributed by atoms with E-state index in [1.807, 2.05) is 0 Å². The minimum Gasteiger partial charge on any atom is -0.508 e. The molecule has 0 spiro atoms. The van der Waals surface area contributed by atoms with Crippen molar-refractivity contribution in [2.24, 2.45) is 0 Å². The first-order chi connectivity index (χ1) is 12.5. The number of phenols is 2. The molecule has 1 aliphatic rings. The number of rotatable bonds is 2. The molecular formula is C20H11ClFNO3. The summed E-state index contributed by atoms with van der Waals surface area (Å²) >= 11 is 6.27. The Morgan fingerprint density at radius 1 is 1.15 bits per heavy atom. The van der Waals surface area contributed by atoms with Gasteiger partial charge < -0.3 is 14.6 Å². The molecule has 0 radical (unpaired) electrons. The zero-order chi connectivity index (χ0) is 18.4. The summed E-state index contributed by atoms with van der Waals surface area (Å²) in [5.41, 5.74) is 2.82. The van der Waals surface area contributed by atoms with Crippen LogP contribution in [0.15, 0.2) is 47.1 Å². The quantitative estimate of drug-likeness (QED) is 0.665. The third-order valence-electron chi connectivity index (χ3n) is 4.43. The van der Waals surface area contributed by atoms with Gasteiger partial charge in [-0.15, -0.1) is 0 Å². The molecule has 0 saturated heterocycles. The van der Waals surface area contributed by atoms with Gasteiger partial charge in [-0.25, -0.2) is 4.39 Å². The predicted molar refractivity (Wildman–Crippen MR) is 94.3 cm³/mol. The monoisotopic (exact) mass is 367 g/mol. The van der Waals surface area contributed by atoms with E-state index in [4.69, 9.17) is 16.0 Å². The first kappa shape index (κ1) is 16.2. The van der Waals surface area contributed by atoms with E-state index in [-0.39, 0.29) is 5.75 Å². The lowest BCUT2D eigenvalue weighted by molar-refractivity contribution is 0.432. The number of phenolic OH excluding ortho intramolecular Hbond substituents is 2. The van der Waals surface area contributed by atoms with Crippen LogP contribution in [-0.4, -0.2) is 10.2 Å². The topological polar surface area (TPSA) is 77.4 Å². The van der Waals surface area contributed by atoms with Gasteiger partial charge in [-0.3, -0.25) is 0 Å². The largest absolute Gasteiger partial charge is 0.508 e. The Bertz CT molecular complexity index is 1110. The normalized spacial score (nSPS) is 15.4.